The first-order valence-electron chi connectivity index (χ1n) is 8.61. The Hall–Kier alpha value is -1.95. The second-order valence-electron chi connectivity index (χ2n) is 6.57. The van der Waals surface area contributed by atoms with Crippen LogP contribution in [0.4, 0.5) is 0 Å². The van der Waals surface area contributed by atoms with Gasteiger partial charge in [0, 0.05) is 30.9 Å². The van der Waals surface area contributed by atoms with Crippen molar-refractivity contribution < 1.29 is 17.9 Å². The Kier molecular flexibility index (Phi) is 5.08. The van der Waals surface area contributed by atoms with Crippen LogP contribution < -0.4 is 4.74 Å². The molecular formula is C19H25NO4S. The molecule has 0 N–H and O–H groups in total. The molecule has 0 radical (unpaired) electrons. The molecule has 1 aliphatic carbocycles. The molecule has 0 aromatic heterocycles. The Morgan fingerprint density at radius 3 is 2.68 bits per heavy atom. The third-order valence-corrected chi connectivity index (χ3v) is 6.28. The zero-order valence-corrected chi connectivity index (χ0v) is 15.8. The molecule has 0 spiro atoms. The van der Waals surface area contributed by atoms with E-state index in [-0.39, 0.29) is 5.75 Å². The van der Waals surface area contributed by atoms with Crippen LogP contribution in [0.25, 0.3) is 5.57 Å². The third kappa shape index (κ3) is 4.00. The summed E-state index contributed by atoms with van der Waals surface area (Å²) >= 11 is 0. The number of allylic oxidation sites excluding steroid dienone is 1. The van der Waals surface area contributed by atoms with Crippen molar-refractivity contribution in [2.45, 2.75) is 24.7 Å². The number of ether oxygens (including phenoxy) is 2. The highest BCUT2D eigenvalue weighted by molar-refractivity contribution is 7.91. The average Bonchev–Trinajstić information content (AvgIpc) is 3.44. The molecule has 0 bridgehead atoms. The number of sulfone groups is 1. The van der Waals surface area contributed by atoms with Crippen LogP contribution in [0.2, 0.25) is 0 Å². The van der Waals surface area contributed by atoms with Gasteiger partial charge in [-0.25, -0.2) is 8.42 Å². The molecule has 136 valence electrons. The maximum absolute atomic E-state index is 12.3. The van der Waals surface area contributed by atoms with E-state index >= 15 is 0 Å². The van der Waals surface area contributed by atoms with Crippen LogP contribution in [0, 0.1) is 5.92 Å². The molecule has 0 saturated heterocycles. The van der Waals surface area contributed by atoms with Gasteiger partial charge >= 0.3 is 0 Å². The topological polar surface area (TPSA) is 55.8 Å². The molecule has 3 rings (SSSR count). The summed E-state index contributed by atoms with van der Waals surface area (Å²) in [6.07, 6.45) is 6.36. The summed E-state index contributed by atoms with van der Waals surface area (Å²) in [6.45, 7) is 3.07. The molecular weight excluding hydrogens is 338 g/mol. The largest absolute Gasteiger partial charge is 0.496 e. The summed E-state index contributed by atoms with van der Waals surface area (Å²) in [7, 11) is 0.310. The van der Waals surface area contributed by atoms with Crippen molar-refractivity contribution >= 4 is 15.4 Å². The van der Waals surface area contributed by atoms with Crippen LogP contribution >= 0.6 is 0 Å². The highest BCUT2D eigenvalue weighted by Gasteiger charge is 2.25. The van der Waals surface area contributed by atoms with Crippen LogP contribution in [-0.2, 0) is 14.6 Å². The molecule has 6 heteroatoms. The maximum Gasteiger partial charge on any atom is 0.178 e. The van der Waals surface area contributed by atoms with E-state index in [1.165, 1.54) is 12.8 Å². The number of nitrogens with zero attached hydrogens (tertiary/aromatic N) is 1. The van der Waals surface area contributed by atoms with Gasteiger partial charge in [0.2, 0.25) is 0 Å². The molecule has 1 aromatic rings. The summed E-state index contributed by atoms with van der Waals surface area (Å²) < 4.78 is 36.2. The van der Waals surface area contributed by atoms with Crippen molar-refractivity contribution in [3.05, 3.63) is 41.8 Å². The number of rotatable bonds is 7. The van der Waals surface area contributed by atoms with Crippen LogP contribution in [-0.4, -0.2) is 46.4 Å². The summed E-state index contributed by atoms with van der Waals surface area (Å²) in [5.74, 6) is 2.12. The van der Waals surface area contributed by atoms with E-state index in [4.69, 9.17) is 9.47 Å². The lowest BCUT2D eigenvalue weighted by Gasteiger charge is -2.24. The van der Waals surface area contributed by atoms with Gasteiger partial charge in [-0.2, -0.15) is 0 Å². The fraction of sp³-hybridized carbons (Fsp3) is 0.474. The average molecular weight is 363 g/mol. The minimum atomic E-state index is -3.29. The fourth-order valence-corrected chi connectivity index (χ4v) is 3.67. The number of likely N-dealkylation sites (N-methyl/N-ethyl adjacent to an activating group) is 1. The minimum Gasteiger partial charge on any atom is -0.496 e. The Morgan fingerprint density at radius 1 is 1.28 bits per heavy atom. The first-order valence-corrected chi connectivity index (χ1v) is 10.3. The van der Waals surface area contributed by atoms with E-state index in [0.29, 0.717) is 23.2 Å². The van der Waals surface area contributed by atoms with Gasteiger partial charge in [-0.1, -0.05) is 6.92 Å². The lowest BCUT2D eigenvalue weighted by molar-refractivity contribution is 0.293. The Balaban J connectivity index is 2.05. The van der Waals surface area contributed by atoms with Crippen molar-refractivity contribution in [2.75, 3.05) is 33.1 Å². The van der Waals surface area contributed by atoms with Gasteiger partial charge < -0.3 is 14.4 Å². The van der Waals surface area contributed by atoms with Crippen molar-refractivity contribution in [1.29, 1.82) is 0 Å². The van der Waals surface area contributed by atoms with Crippen molar-refractivity contribution in [1.82, 2.24) is 4.90 Å². The first kappa shape index (κ1) is 17.9. The zero-order valence-electron chi connectivity index (χ0n) is 15.0. The smallest absolute Gasteiger partial charge is 0.178 e. The summed E-state index contributed by atoms with van der Waals surface area (Å²) in [5, 5.41) is 0. The van der Waals surface area contributed by atoms with Gasteiger partial charge in [0.05, 0.1) is 24.4 Å². The van der Waals surface area contributed by atoms with Gasteiger partial charge in [-0.15, -0.1) is 0 Å². The highest BCUT2D eigenvalue weighted by atomic mass is 32.2. The second-order valence-corrected chi connectivity index (χ2v) is 8.85. The van der Waals surface area contributed by atoms with E-state index in [2.05, 4.69) is 0 Å². The molecule has 0 amide bonds. The van der Waals surface area contributed by atoms with Crippen LogP contribution in [0.3, 0.4) is 0 Å². The van der Waals surface area contributed by atoms with Crippen molar-refractivity contribution in [3.8, 4) is 5.75 Å². The highest BCUT2D eigenvalue weighted by Crippen LogP contribution is 2.37. The minimum absolute atomic E-state index is 0.0701. The van der Waals surface area contributed by atoms with Crippen LogP contribution in [0.15, 0.2) is 41.1 Å². The molecule has 1 aromatic carbocycles. The normalized spacial score (nSPS) is 17.8. The molecule has 0 unspecified atom stereocenters. The van der Waals surface area contributed by atoms with Crippen LogP contribution in [0.1, 0.15) is 25.3 Å². The molecule has 0 atom stereocenters. The Bertz CT molecular complexity index is 807. The summed E-state index contributed by atoms with van der Waals surface area (Å²) in [6, 6.07) is 5.11. The van der Waals surface area contributed by atoms with E-state index < -0.39 is 9.84 Å². The molecule has 2 aliphatic rings. The van der Waals surface area contributed by atoms with Gasteiger partial charge in [-0.05, 0) is 43.0 Å². The van der Waals surface area contributed by atoms with Gasteiger partial charge in [0.1, 0.15) is 11.5 Å². The monoisotopic (exact) mass is 363 g/mol. The number of benzene rings is 1. The second kappa shape index (κ2) is 7.12. The number of hydrogen-bond donors (Lipinski definition) is 0. The first-order chi connectivity index (χ1) is 11.9. The van der Waals surface area contributed by atoms with E-state index in [0.717, 1.165) is 23.4 Å². The van der Waals surface area contributed by atoms with Gasteiger partial charge in [-0.3, -0.25) is 0 Å². The summed E-state index contributed by atoms with van der Waals surface area (Å²) in [5.41, 5.74) is 1.60. The lowest BCUT2D eigenvalue weighted by atomic mass is 10.0. The molecule has 5 nitrogen and oxygen atoms in total. The Morgan fingerprint density at radius 2 is 2.04 bits per heavy atom. The van der Waals surface area contributed by atoms with Crippen molar-refractivity contribution in [2.24, 2.45) is 5.92 Å². The van der Waals surface area contributed by atoms with E-state index in [1.54, 1.807) is 32.2 Å². The molecule has 1 heterocycles. The van der Waals surface area contributed by atoms with E-state index in [9.17, 15) is 8.42 Å². The fourth-order valence-electron chi connectivity index (χ4n) is 2.77. The number of hydrogen-bond acceptors (Lipinski definition) is 5. The zero-order chi connectivity index (χ0) is 18.0. The molecule has 1 fully saturated rings. The van der Waals surface area contributed by atoms with Crippen molar-refractivity contribution in [3.63, 3.8) is 0 Å². The van der Waals surface area contributed by atoms with Gasteiger partial charge in [0.15, 0.2) is 9.84 Å². The standard InChI is InChI=1S/C19H25NO4S/c1-4-25(21,22)15-7-8-19(24-13-14-5-6-14)16(11-15)17-12-20(2)10-9-18(17)23-3/h7-9,11-12,14H,4-6,10,13H2,1-3H3. The predicted octanol–water partition coefficient (Wildman–Crippen LogP) is 3.09. The number of methoxy groups -OCH3 is 1. The lowest BCUT2D eigenvalue weighted by Crippen LogP contribution is -2.17. The molecule has 1 aliphatic heterocycles. The van der Waals surface area contributed by atoms with Crippen LogP contribution in [0.5, 0.6) is 5.75 Å². The molecule has 1 saturated carbocycles. The van der Waals surface area contributed by atoms with Gasteiger partial charge in [0.25, 0.3) is 0 Å². The summed E-state index contributed by atoms with van der Waals surface area (Å²) in [4.78, 5) is 2.34. The maximum atomic E-state index is 12.3. The van der Waals surface area contributed by atoms with E-state index in [1.807, 2.05) is 24.2 Å². The Labute approximate surface area is 149 Å². The SMILES string of the molecule is CCS(=O)(=O)c1ccc(OCC2CC2)c(C2=CN(C)CC=C2OC)c1. The molecule has 25 heavy (non-hydrogen) atoms. The third-order valence-electron chi connectivity index (χ3n) is 4.55. The quantitative estimate of drug-likeness (QED) is 0.745. The predicted molar refractivity (Wildman–Crippen MR) is 98.1 cm³/mol.